The fourth-order valence-electron chi connectivity index (χ4n) is 7.47. The van der Waals surface area contributed by atoms with Crippen LogP contribution in [-0.2, 0) is 21.7 Å². The van der Waals surface area contributed by atoms with Crippen molar-refractivity contribution in [3.05, 3.63) is 237 Å². The Balaban J connectivity index is 1.22. The van der Waals surface area contributed by atoms with E-state index in [0.717, 1.165) is 22.8 Å². The molecule has 2 heterocycles. The lowest BCUT2D eigenvalue weighted by atomic mass is 9.77. The number of nitro groups is 1. The van der Waals surface area contributed by atoms with Crippen LogP contribution in [0.1, 0.15) is 39.1 Å². The van der Waals surface area contributed by atoms with Crippen LogP contribution in [-0.4, -0.2) is 38.2 Å². The van der Waals surface area contributed by atoms with Gasteiger partial charge in [0.25, 0.3) is 11.6 Å². The molecule has 1 aliphatic rings. The molecular formula is C47H35FN6O4. The topological polar surface area (TPSA) is 123 Å². The molecule has 1 aromatic heterocycles. The van der Waals surface area contributed by atoms with Crippen molar-refractivity contribution in [2.24, 2.45) is 4.99 Å². The summed E-state index contributed by atoms with van der Waals surface area (Å²) < 4.78 is 17.6. The number of carbonyl (C=O) groups excluding carboxylic acids is 2. The Kier molecular flexibility index (Phi) is 10.3. The van der Waals surface area contributed by atoms with Crippen LogP contribution in [0.25, 0.3) is 6.08 Å². The van der Waals surface area contributed by atoms with E-state index in [4.69, 9.17) is 9.98 Å². The zero-order chi connectivity index (χ0) is 40.1. The molecule has 1 atom stereocenters. The monoisotopic (exact) mass is 766 g/mol. The van der Waals surface area contributed by atoms with Gasteiger partial charge in [0.15, 0.2) is 0 Å². The minimum absolute atomic E-state index is 0.0320. The summed E-state index contributed by atoms with van der Waals surface area (Å²) >= 11 is 0. The van der Waals surface area contributed by atoms with Crippen molar-refractivity contribution in [3.63, 3.8) is 0 Å². The van der Waals surface area contributed by atoms with Gasteiger partial charge in [0.05, 0.1) is 40.5 Å². The summed E-state index contributed by atoms with van der Waals surface area (Å²) in [6.45, 7) is -0.0320. The first-order valence-corrected chi connectivity index (χ1v) is 18.5. The van der Waals surface area contributed by atoms with Crippen LogP contribution < -0.4 is 10.2 Å². The van der Waals surface area contributed by atoms with Crippen molar-refractivity contribution >= 4 is 35.0 Å². The van der Waals surface area contributed by atoms with Gasteiger partial charge in [0.2, 0.25) is 12.1 Å². The van der Waals surface area contributed by atoms with Crippen LogP contribution in [0.5, 0.6) is 0 Å². The van der Waals surface area contributed by atoms with Crippen molar-refractivity contribution in [3.8, 4) is 0 Å². The third-order valence-corrected chi connectivity index (χ3v) is 10.1. The van der Waals surface area contributed by atoms with Gasteiger partial charge >= 0.3 is 0 Å². The van der Waals surface area contributed by atoms with Crippen LogP contribution in [0.15, 0.2) is 187 Å². The highest BCUT2D eigenvalue weighted by Crippen LogP contribution is 2.41. The van der Waals surface area contributed by atoms with Crippen molar-refractivity contribution in [2.45, 2.75) is 18.2 Å². The van der Waals surface area contributed by atoms with Crippen LogP contribution in [0.4, 0.5) is 15.8 Å². The summed E-state index contributed by atoms with van der Waals surface area (Å²) in [5, 5.41) is 14.3. The minimum atomic E-state index is -1.51. The number of aliphatic imine (C=N–C) groups is 1. The number of amides is 2. The largest absolute Gasteiger partial charge is 0.323 e. The van der Waals surface area contributed by atoms with Crippen LogP contribution in [0.3, 0.4) is 0 Å². The number of hydrogen-bond acceptors (Lipinski definition) is 6. The molecule has 10 nitrogen and oxygen atoms in total. The Morgan fingerprint density at radius 1 is 0.759 bits per heavy atom. The average Bonchev–Trinajstić information content (AvgIpc) is 3.70. The lowest BCUT2D eigenvalue weighted by molar-refractivity contribution is -0.385. The first-order valence-electron chi connectivity index (χ1n) is 18.5. The maximum absolute atomic E-state index is 15.5. The van der Waals surface area contributed by atoms with Crippen LogP contribution in [0, 0.1) is 15.9 Å². The summed E-state index contributed by atoms with van der Waals surface area (Å²) in [5.74, 6) is -1.89. The molecule has 0 unspecified atom stereocenters. The molecule has 0 fully saturated rings. The molecule has 8 rings (SSSR count). The number of aromatic nitrogens is 2. The summed E-state index contributed by atoms with van der Waals surface area (Å²) in [6, 6.07) is 49.5. The van der Waals surface area contributed by atoms with E-state index >= 15 is 4.39 Å². The third-order valence-electron chi connectivity index (χ3n) is 10.1. The SMILES string of the molecule is O=C(C=Cc1ccccc1[N+](=O)[O-])N[C@H]1N=C(c2ccccc2F)c2ccccc2N(Cc2cn(C(c3ccccc3)(c3ccccc3)c3ccccc3)cn2)C1=O. The molecule has 6 aromatic carbocycles. The number of halogens is 1. The highest BCUT2D eigenvalue weighted by molar-refractivity contribution is 6.20. The fourth-order valence-corrected chi connectivity index (χ4v) is 7.47. The summed E-state index contributed by atoms with van der Waals surface area (Å²) in [7, 11) is 0. The smallest absolute Gasteiger partial charge is 0.276 e. The number of imidazole rings is 1. The van der Waals surface area contributed by atoms with Crippen LogP contribution in [0.2, 0.25) is 0 Å². The molecule has 0 radical (unpaired) electrons. The molecule has 7 aromatic rings. The quantitative estimate of drug-likeness (QED) is 0.0615. The number of anilines is 1. The second-order valence-electron chi connectivity index (χ2n) is 13.5. The fraction of sp³-hybridized carbons (Fsp3) is 0.0638. The number of nitrogens with one attached hydrogen (secondary N) is 1. The van der Waals surface area contributed by atoms with Crippen molar-refractivity contribution in [1.82, 2.24) is 14.9 Å². The average molecular weight is 767 g/mol. The summed E-state index contributed by atoms with van der Waals surface area (Å²) in [6.07, 6.45) is 4.56. The number of hydrogen-bond donors (Lipinski definition) is 1. The molecule has 58 heavy (non-hydrogen) atoms. The zero-order valence-electron chi connectivity index (χ0n) is 30.9. The van der Waals surface area contributed by atoms with E-state index in [2.05, 4.69) is 41.7 Å². The van der Waals surface area contributed by atoms with Crippen LogP contribution >= 0.6 is 0 Å². The normalized spacial score (nSPS) is 14.1. The highest BCUT2D eigenvalue weighted by Gasteiger charge is 2.39. The highest BCUT2D eigenvalue weighted by atomic mass is 19.1. The van der Waals surface area contributed by atoms with Gasteiger partial charge in [-0.1, -0.05) is 133 Å². The standard InChI is InChI=1S/C47H35FN6O4/c48-40-25-13-11-23-38(40)44-39-24-12-15-27-42(39)53(46(56)45(51-44)50-43(55)29-28-33-16-10-14-26-41(33)54(57)58)31-37-30-52(32-49-37)47(34-17-4-1-5-18-34,35-19-6-2-7-20-35)36-21-8-3-9-22-36/h1-30,32,45H,31H2,(H,50,55)/t45-/m0/s1. The summed E-state index contributed by atoms with van der Waals surface area (Å²) in [5.41, 5.74) is 3.89. The van der Waals surface area contributed by atoms with E-state index in [1.165, 1.54) is 35.2 Å². The third kappa shape index (κ3) is 7.08. The molecule has 0 bridgehead atoms. The molecule has 11 heteroatoms. The number of para-hydroxylation sites is 2. The van der Waals surface area contributed by atoms with E-state index < -0.39 is 34.3 Å². The van der Waals surface area contributed by atoms with Gasteiger partial charge in [-0.15, -0.1) is 0 Å². The van der Waals surface area contributed by atoms with Gasteiger partial charge in [-0.2, -0.15) is 0 Å². The number of rotatable bonds is 11. The van der Waals surface area contributed by atoms with Gasteiger partial charge in [-0.3, -0.25) is 19.7 Å². The number of nitro benzene ring substituents is 1. The number of fused-ring (bicyclic) bond motifs is 1. The van der Waals surface area contributed by atoms with E-state index in [1.54, 1.807) is 54.9 Å². The van der Waals surface area contributed by atoms with Crippen molar-refractivity contribution in [1.29, 1.82) is 0 Å². The molecule has 1 aliphatic heterocycles. The maximum atomic E-state index is 15.5. The van der Waals surface area contributed by atoms with Gasteiger partial charge in [-0.05, 0) is 47.0 Å². The Labute approximate surface area is 333 Å². The number of nitrogens with zero attached hydrogens (tertiary/aromatic N) is 5. The lowest BCUT2D eigenvalue weighted by Gasteiger charge is -2.37. The first-order chi connectivity index (χ1) is 28.3. The lowest BCUT2D eigenvalue weighted by Crippen LogP contribution is -2.46. The van der Waals surface area contributed by atoms with Gasteiger partial charge in [0, 0.05) is 29.5 Å². The Hall–Kier alpha value is -7.79. The molecule has 2 amide bonds. The molecule has 0 saturated heterocycles. The summed E-state index contributed by atoms with van der Waals surface area (Å²) in [4.78, 5) is 50.4. The minimum Gasteiger partial charge on any atom is -0.323 e. The Bertz CT molecular complexity index is 2580. The first kappa shape index (κ1) is 37.1. The predicted octanol–water partition coefficient (Wildman–Crippen LogP) is 8.31. The molecule has 284 valence electrons. The molecule has 0 aliphatic carbocycles. The molecule has 0 saturated carbocycles. The molecule has 1 N–H and O–H groups in total. The van der Waals surface area contributed by atoms with E-state index in [0.29, 0.717) is 16.9 Å². The number of benzodiazepines with no additional fused rings is 1. The predicted molar refractivity (Wildman–Crippen MR) is 221 cm³/mol. The molecule has 0 spiro atoms. The molecular weight excluding hydrogens is 732 g/mol. The Morgan fingerprint density at radius 3 is 1.93 bits per heavy atom. The van der Waals surface area contributed by atoms with Crippen molar-refractivity contribution < 1.29 is 18.9 Å². The second-order valence-corrected chi connectivity index (χ2v) is 13.5. The zero-order valence-corrected chi connectivity index (χ0v) is 30.9. The van der Waals surface area contributed by atoms with Gasteiger partial charge in [-0.25, -0.2) is 14.4 Å². The van der Waals surface area contributed by atoms with E-state index in [1.807, 2.05) is 65.4 Å². The second kappa shape index (κ2) is 16.1. The maximum Gasteiger partial charge on any atom is 0.276 e. The van der Waals surface area contributed by atoms with Gasteiger partial charge in [0.1, 0.15) is 11.4 Å². The van der Waals surface area contributed by atoms with Crippen molar-refractivity contribution in [2.75, 3.05) is 4.90 Å². The van der Waals surface area contributed by atoms with Gasteiger partial charge < -0.3 is 14.8 Å². The van der Waals surface area contributed by atoms with E-state index in [-0.39, 0.29) is 29.1 Å². The number of benzene rings is 6. The number of carbonyl (C=O) groups is 2. The Morgan fingerprint density at radius 2 is 1.31 bits per heavy atom. The van der Waals surface area contributed by atoms with E-state index in [9.17, 15) is 19.7 Å².